The molecule has 2 nitrogen and oxygen atoms in total. The van der Waals surface area contributed by atoms with Gasteiger partial charge in [0, 0.05) is 0 Å². The third-order valence-corrected chi connectivity index (χ3v) is 2.63. The van der Waals surface area contributed by atoms with Crippen LogP contribution in [0, 0.1) is 5.92 Å². The Kier molecular flexibility index (Phi) is 1.49. The van der Waals surface area contributed by atoms with Gasteiger partial charge in [-0.3, -0.25) is 4.99 Å². The van der Waals surface area contributed by atoms with Crippen molar-refractivity contribution in [2.45, 2.75) is 37.8 Å². The van der Waals surface area contributed by atoms with Crippen LogP contribution in [0.3, 0.4) is 0 Å². The third-order valence-electron chi connectivity index (χ3n) is 2.63. The molecule has 1 saturated carbocycles. The van der Waals surface area contributed by atoms with Crippen LogP contribution in [-0.4, -0.2) is 23.5 Å². The summed E-state index contributed by atoms with van der Waals surface area (Å²) >= 11 is 0. The zero-order chi connectivity index (χ0) is 6.97. The highest BCUT2D eigenvalue weighted by molar-refractivity contribution is 5.60. The van der Waals surface area contributed by atoms with Crippen molar-refractivity contribution in [1.82, 2.24) is 0 Å². The number of aliphatic hydroxyl groups excluding tert-OH is 1. The lowest BCUT2D eigenvalue weighted by Gasteiger charge is -2.26. The first-order valence-electron chi connectivity index (χ1n) is 4.06. The van der Waals surface area contributed by atoms with Crippen molar-refractivity contribution in [3.8, 4) is 0 Å². The topological polar surface area (TPSA) is 32.6 Å². The highest BCUT2D eigenvalue weighted by Gasteiger charge is 2.30. The number of aliphatic imine (C=N–C) groups is 1. The molecule has 0 saturated heterocycles. The van der Waals surface area contributed by atoms with E-state index in [9.17, 15) is 5.11 Å². The third kappa shape index (κ3) is 0.966. The van der Waals surface area contributed by atoms with E-state index < -0.39 is 0 Å². The highest BCUT2D eigenvalue weighted by Crippen LogP contribution is 2.32. The summed E-state index contributed by atoms with van der Waals surface area (Å²) in [5.41, 5.74) is 0. The van der Waals surface area contributed by atoms with E-state index in [1.807, 2.05) is 6.21 Å². The van der Waals surface area contributed by atoms with Gasteiger partial charge in [-0.15, -0.1) is 0 Å². The molecule has 0 radical (unpaired) electrons. The van der Waals surface area contributed by atoms with Gasteiger partial charge < -0.3 is 5.11 Å². The molecule has 3 atom stereocenters. The zero-order valence-electron chi connectivity index (χ0n) is 6.03. The molecule has 0 aromatic heterocycles. The van der Waals surface area contributed by atoms with Crippen LogP contribution in [0.25, 0.3) is 0 Å². The molecule has 1 N–H and O–H groups in total. The fourth-order valence-corrected chi connectivity index (χ4v) is 1.98. The average Bonchev–Trinajstić information content (AvgIpc) is 2.33. The van der Waals surface area contributed by atoms with Crippen LogP contribution in [0.5, 0.6) is 0 Å². The van der Waals surface area contributed by atoms with E-state index in [1.54, 1.807) is 0 Å². The molecule has 0 amide bonds. The second-order valence-corrected chi connectivity index (χ2v) is 3.36. The average molecular weight is 139 g/mol. The van der Waals surface area contributed by atoms with Gasteiger partial charge >= 0.3 is 0 Å². The van der Waals surface area contributed by atoms with E-state index >= 15 is 0 Å². The van der Waals surface area contributed by atoms with Crippen molar-refractivity contribution in [2.24, 2.45) is 10.9 Å². The van der Waals surface area contributed by atoms with E-state index in [2.05, 4.69) is 4.99 Å². The van der Waals surface area contributed by atoms with Crippen molar-refractivity contribution in [3.63, 3.8) is 0 Å². The summed E-state index contributed by atoms with van der Waals surface area (Å²) < 4.78 is 0. The Hall–Kier alpha value is -0.370. The van der Waals surface area contributed by atoms with Gasteiger partial charge in [0.15, 0.2) is 0 Å². The lowest BCUT2D eigenvalue weighted by atomic mass is 9.83. The fraction of sp³-hybridized carbons (Fsp3) is 0.875. The second kappa shape index (κ2) is 2.35. The number of hydrogen-bond acceptors (Lipinski definition) is 2. The SMILES string of the molecule is OC1CCC2CC=NC2C1. The van der Waals surface area contributed by atoms with E-state index in [0.717, 1.165) is 25.2 Å². The first-order valence-corrected chi connectivity index (χ1v) is 4.06. The summed E-state index contributed by atoms with van der Waals surface area (Å²) in [5, 5.41) is 9.28. The molecular formula is C8H13NO. The summed E-state index contributed by atoms with van der Waals surface area (Å²) in [6.07, 6.45) is 6.17. The predicted molar refractivity (Wildman–Crippen MR) is 40.2 cm³/mol. The van der Waals surface area contributed by atoms with Crippen molar-refractivity contribution < 1.29 is 5.11 Å². The van der Waals surface area contributed by atoms with Gasteiger partial charge in [0.1, 0.15) is 0 Å². The molecule has 10 heavy (non-hydrogen) atoms. The summed E-state index contributed by atoms with van der Waals surface area (Å²) in [4.78, 5) is 4.32. The Morgan fingerprint density at radius 1 is 1.40 bits per heavy atom. The lowest BCUT2D eigenvalue weighted by Crippen LogP contribution is -2.27. The van der Waals surface area contributed by atoms with E-state index in [1.165, 1.54) is 6.42 Å². The van der Waals surface area contributed by atoms with Crippen LogP contribution in [-0.2, 0) is 0 Å². The minimum atomic E-state index is -0.0727. The highest BCUT2D eigenvalue weighted by atomic mass is 16.3. The number of aliphatic hydroxyl groups is 1. The number of fused-ring (bicyclic) bond motifs is 1. The normalized spacial score (nSPS) is 45.5. The van der Waals surface area contributed by atoms with E-state index in [4.69, 9.17) is 0 Å². The van der Waals surface area contributed by atoms with Gasteiger partial charge in [0.05, 0.1) is 12.1 Å². The van der Waals surface area contributed by atoms with Gasteiger partial charge in [-0.1, -0.05) is 0 Å². The van der Waals surface area contributed by atoms with Crippen molar-refractivity contribution >= 4 is 6.21 Å². The first-order chi connectivity index (χ1) is 4.86. The molecule has 2 rings (SSSR count). The Balaban J connectivity index is 2.01. The molecule has 0 bridgehead atoms. The fourth-order valence-electron chi connectivity index (χ4n) is 1.98. The number of hydrogen-bond donors (Lipinski definition) is 1. The van der Waals surface area contributed by atoms with Crippen LogP contribution in [0.4, 0.5) is 0 Å². The summed E-state index contributed by atoms with van der Waals surface area (Å²) in [5.74, 6) is 0.767. The molecule has 1 aliphatic heterocycles. The molecule has 56 valence electrons. The summed E-state index contributed by atoms with van der Waals surface area (Å²) in [6, 6.07) is 0.462. The Morgan fingerprint density at radius 3 is 3.20 bits per heavy atom. The molecule has 0 spiro atoms. The molecule has 2 heteroatoms. The molecule has 1 fully saturated rings. The van der Waals surface area contributed by atoms with Crippen LogP contribution in [0.2, 0.25) is 0 Å². The smallest absolute Gasteiger partial charge is 0.0560 e. The second-order valence-electron chi connectivity index (χ2n) is 3.36. The van der Waals surface area contributed by atoms with Crippen LogP contribution >= 0.6 is 0 Å². The number of nitrogens with zero attached hydrogens (tertiary/aromatic N) is 1. The van der Waals surface area contributed by atoms with Gasteiger partial charge in [0.25, 0.3) is 0 Å². The first kappa shape index (κ1) is 6.35. The number of rotatable bonds is 0. The summed E-state index contributed by atoms with van der Waals surface area (Å²) in [7, 11) is 0. The molecule has 2 aliphatic rings. The maximum absolute atomic E-state index is 9.28. The Morgan fingerprint density at radius 2 is 2.30 bits per heavy atom. The molecular weight excluding hydrogens is 126 g/mol. The minimum absolute atomic E-state index is 0.0727. The van der Waals surface area contributed by atoms with Crippen molar-refractivity contribution in [1.29, 1.82) is 0 Å². The molecule has 0 aromatic rings. The zero-order valence-corrected chi connectivity index (χ0v) is 6.03. The van der Waals surface area contributed by atoms with Gasteiger partial charge in [-0.25, -0.2) is 0 Å². The lowest BCUT2D eigenvalue weighted by molar-refractivity contribution is 0.102. The molecule has 1 heterocycles. The van der Waals surface area contributed by atoms with Crippen molar-refractivity contribution in [3.05, 3.63) is 0 Å². The van der Waals surface area contributed by atoms with Gasteiger partial charge in [0.2, 0.25) is 0 Å². The maximum atomic E-state index is 9.28. The molecule has 0 aromatic carbocycles. The Labute approximate surface area is 61.0 Å². The minimum Gasteiger partial charge on any atom is -0.393 e. The quantitative estimate of drug-likeness (QED) is 0.533. The van der Waals surface area contributed by atoms with Gasteiger partial charge in [-0.05, 0) is 37.8 Å². The van der Waals surface area contributed by atoms with E-state index in [0.29, 0.717) is 6.04 Å². The monoisotopic (exact) mass is 139 g/mol. The standard InChI is InChI=1S/C8H13NO/c10-7-2-1-6-3-4-9-8(6)5-7/h4,6-8,10H,1-3,5H2. The summed E-state index contributed by atoms with van der Waals surface area (Å²) in [6.45, 7) is 0. The van der Waals surface area contributed by atoms with Crippen molar-refractivity contribution in [2.75, 3.05) is 0 Å². The Bertz CT molecular complexity index is 155. The van der Waals surface area contributed by atoms with Crippen LogP contribution in [0.1, 0.15) is 25.7 Å². The van der Waals surface area contributed by atoms with E-state index in [-0.39, 0.29) is 6.10 Å². The maximum Gasteiger partial charge on any atom is 0.0560 e. The van der Waals surface area contributed by atoms with Crippen LogP contribution in [0.15, 0.2) is 4.99 Å². The predicted octanol–water partition coefficient (Wildman–Crippen LogP) is 0.990. The van der Waals surface area contributed by atoms with Crippen LogP contribution < -0.4 is 0 Å². The molecule has 3 unspecified atom stereocenters. The largest absolute Gasteiger partial charge is 0.393 e. The van der Waals surface area contributed by atoms with Gasteiger partial charge in [-0.2, -0.15) is 0 Å². The molecule has 1 aliphatic carbocycles.